The highest BCUT2D eigenvalue weighted by Crippen LogP contribution is 2.30. The van der Waals surface area contributed by atoms with E-state index < -0.39 is 29.1 Å². The van der Waals surface area contributed by atoms with Crippen LogP contribution in [0.5, 0.6) is 0 Å². The molecule has 1 aromatic carbocycles. The minimum absolute atomic E-state index is 0.0605. The van der Waals surface area contributed by atoms with E-state index >= 15 is 0 Å². The number of aliphatic hydroxyl groups is 1. The number of rotatable bonds is 3. The number of carbonyl (C=O) groups is 1. The monoisotopic (exact) mass is 274 g/mol. The van der Waals surface area contributed by atoms with Crippen LogP contribution < -0.4 is 10.6 Å². The molecule has 0 unspecified atom stereocenters. The van der Waals surface area contributed by atoms with Gasteiger partial charge < -0.3 is 15.7 Å². The number of carbonyl (C=O) groups excluding carboxylic acids is 1. The molecule has 1 aliphatic rings. The highest BCUT2D eigenvalue weighted by molar-refractivity contribution is 5.89. The number of benzene rings is 1. The Labute approximate surface area is 107 Å². The van der Waals surface area contributed by atoms with Gasteiger partial charge in [0, 0.05) is 24.4 Å². The third-order valence-electron chi connectivity index (χ3n) is 3.10. The van der Waals surface area contributed by atoms with E-state index in [9.17, 15) is 23.1 Å². The number of nitrogens with one attached hydrogen (secondary N) is 2. The Morgan fingerprint density at radius 2 is 1.84 bits per heavy atom. The van der Waals surface area contributed by atoms with Gasteiger partial charge in [0.15, 0.2) is 17.5 Å². The van der Waals surface area contributed by atoms with Crippen LogP contribution in [0.1, 0.15) is 19.3 Å². The molecular weight excluding hydrogens is 261 g/mol. The fourth-order valence-corrected chi connectivity index (χ4v) is 1.81. The van der Waals surface area contributed by atoms with E-state index in [1.807, 2.05) is 0 Å². The molecule has 1 saturated carbocycles. The van der Waals surface area contributed by atoms with E-state index in [0.29, 0.717) is 25.0 Å². The van der Waals surface area contributed by atoms with Crippen molar-refractivity contribution >= 4 is 11.7 Å². The molecule has 0 atom stereocenters. The number of halogens is 3. The van der Waals surface area contributed by atoms with Crippen molar-refractivity contribution in [1.82, 2.24) is 5.32 Å². The Bertz CT molecular complexity index is 481. The first-order chi connectivity index (χ1) is 8.89. The molecule has 0 aliphatic heterocycles. The summed E-state index contributed by atoms with van der Waals surface area (Å²) < 4.78 is 38.5. The van der Waals surface area contributed by atoms with Crippen LogP contribution in [0.3, 0.4) is 0 Å². The predicted octanol–water partition coefficient (Wildman–Crippen LogP) is 2.14. The van der Waals surface area contributed by atoms with Crippen molar-refractivity contribution in [3.05, 3.63) is 29.6 Å². The lowest BCUT2D eigenvalue weighted by atomic mass is 9.80. The second kappa shape index (κ2) is 5.08. The van der Waals surface area contributed by atoms with Crippen molar-refractivity contribution in [2.24, 2.45) is 0 Å². The second-order valence-electron chi connectivity index (χ2n) is 4.64. The Hall–Kier alpha value is -1.76. The molecule has 0 aromatic heterocycles. The SMILES string of the molecule is O=C(NCC1(O)CCC1)Nc1cc(F)c(F)c(F)c1. The van der Waals surface area contributed by atoms with Crippen molar-refractivity contribution in [2.45, 2.75) is 24.9 Å². The maximum Gasteiger partial charge on any atom is 0.319 e. The first-order valence-electron chi connectivity index (χ1n) is 5.81. The zero-order valence-corrected chi connectivity index (χ0v) is 9.97. The van der Waals surface area contributed by atoms with E-state index in [2.05, 4.69) is 10.6 Å². The highest BCUT2D eigenvalue weighted by Gasteiger charge is 2.34. The third-order valence-corrected chi connectivity index (χ3v) is 3.10. The standard InChI is InChI=1S/C12H13F3N2O2/c13-8-4-7(5-9(14)10(8)15)17-11(18)16-6-12(19)2-1-3-12/h4-5,19H,1-3,6H2,(H2,16,17,18). The summed E-state index contributed by atoms with van der Waals surface area (Å²) in [6, 6.07) is 0.636. The largest absolute Gasteiger partial charge is 0.388 e. The van der Waals surface area contributed by atoms with E-state index in [1.54, 1.807) is 0 Å². The van der Waals surface area contributed by atoms with Crippen LogP contribution in [0.15, 0.2) is 12.1 Å². The number of hydrogen-bond acceptors (Lipinski definition) is 2. The van der Waals surface area contributed by atoms with Gasteiger partial charge in [-0.3, -0.25) is 0 Å². The van der Waals surface area contributed by atoms with Crippen LogP contribution in [0.4, 0.5) is 23.7 Å². The molecule has 4 nitrogen and oxygen atoms in total. The number of hydrogen-bond donors (Lipinski definition) is 3. The minimum atomic E-state index is -1.59. The van der Waals surface area contributed by atoms with Crippen LogP contribution in [-0.4, -0.2) is 23.3 Å². The van der Waals surface area contributed by atoms with E-state index in [1.165, 1.54) is 0 Å². The summed E-state index contributed by atoms with van der Waals surface area (Å²) >= 11 is 0. The second-order valence-corrected chi connectivity index (χ2v) is 4.64. The Morgan fingerprint density at radius 3 is 2.32 bits per heavy atom. The molecular formula is C12H13F3N2O2. The van der Waals surface area contributed by atoms with Crippen molar-refractivity contribution < 1.29 is 23.1 Å². The van der Waals surface area contributed by atoms with Gasteiger partial charge in [-0.05, 0) is 19.3 Å². The van der Waals surface area contributed by atoms with Crippen molar-refractivity contribution in [2.75, 3.05) is 11.9 Å². The molecule has 104 valence electrons. The summed E-state index contributed by atoms with van der Waals surface area (Å²) in [6.07, 6.45) is 2.11. The van der Waals surface area contributed by atoms with E-state index in [-0.39, 0.29) is 12.2 Å². The van der Waals surface area contributed by atoms with Gasteiger partial charge in [0.2, 0.25) is 0 Å². The molecule has 2 amide bonds. The van der Waals surface area contributed by atoms with E-state index in [0.717, 1.165) is 6.42 Å². The lowest BCUT2D eigenvalue weighted by molar-refractivity contribution is -0.0287. The maximum atomic E-state index is 12.9. The maximum absolute atomic E-state index is 12.9. The first-order valence-corrected chi connectivity index (χ1v) is 5.81. The van der Waals surface area contributed by atoms with Gasteiger partial charge in [-0.15, -0.1) is 0 Å². The van der Waals surface area contributed by atoms with Crippen LogP contribution in [0, 0.1) is 17.5 Å². The minimum Gasteiger partial charge on any atom is -0.388 e. The first kappa shape index (κ1) is 13.7. The van der Waals surface area contributed by atoms with Gasteiger partial charge >= 0.3 is 6.03 Å². The lowest BCUT2D eigenvalue weighted by Gasteiger charge is -2.36. The quantitative estimate of drug-likeness (QED) is 0.739. The molecule has 1 aliphatic carbocycles. The van der Waals surface area contributed by atoms with Crippen LogP contribution >= 0.6 is 0 Å². The Balaban J connectivity index is 1.91. The number of urea groups is 1. The topological polar surface area (TPSA) is 61.4 Å². The zero-order chi connectivity index (χ0) is 14.0. The molecule has 1 fully saturated rings. The van der Waals surface area contributed by atoms with Crippen LogP contribution in [-0.2, 0) is 0 Å². The highest BCUT2D eigenvalue weighted by atomic mass is 19.2. The summed E-state index contributed by atoms with van der Waals surface area (Å²) in [5.74, 6) is -4.35. The Kier molecular flexibility index (Phi) is 3.66. The number of amides is 2. The third kappa shape index (κ3) is 3.17. The molecule has 0 saturated heterocycles. The number of anilines is 1. The summed E-state index contributed by atoms with van der Waals surface area (Å²) in [7, 11) is 0. The van der Waals surface area contributed by atoms with Gasteiger partial charge in [-0.25, -0.2) is 18.0 Å². The van der Waals surface area contributed by atoms with E-state index in [4.69, 9.17) is 0 Å². The average molecular weight is 274 g/mol. The molecule has 3 N–H and O–H groups in total. The predicted molar refractivity (Wildman–Crippen MR) is 62.1 cm³/mol. The Morgan fingerprint density at radius 1 is 1.26 bits per heavy atom. The van der Waals surface area contributed by atoms with Gasteiger partial charge in [0.1, 0.15) is 0 Å². The van der Waals surface area contributed by atoms with Crippen LogP contribution in [0.25, 0.3) is 0 Å². The van der Waals surface area contributed by atoms with Crippen molar-refractivity contribution in [1.29, 1.82) is 0 Å². The molecule has 1 aromatic rings. The summed E-state index contributed by atoms with van der Waals surface area (Å²) in [5, 5.41) is 14.3. The fraction of sp³-hybridized carbons (Fsp3) is 0.417. The summed E-state index contributed by atoms with van der Waals surface area (Å²) in [5.41, 5.74) is -1.09. The summed E-state index contributed by atoms with van der Waals surface area (Å²) in [4.78, 5) is 11.4. The molecule has 0 heterocycles. The van der Waals surface area contributed by atoms with Gasteiger partial charge in [0.05, 0.1) is 5.60 Å². The normalized spacial score (nSPS) is 16.6. The molecule has 2 rings (SSSR count). The molecule has 7 heteroatoms. The molecule has 0 bridgehead atoms. The molecule has 19 heavy (non-hydrogen) atoms. The molecule has 0 spiro atoms. The zero-order valence-electron chi connectivity index (χ0n) is 9.97. The van der Waals surface area contributed by atoms with Gasteiger partial charge in [-0.2, -0.15) is 0 Å². The smallest absolute Gasteiger partial charge is 0.319 e. The fourth-order valence-electron chi connectivity index (χ4n) is 1.81. The van der Waals surface area contributed by atoms with Crippen LogP contribution in [0.2, 0.25) is 0 Å². The average Bonchev–Trinajstić information content (AvgIpc) is 2.31. The van der Waals surface area contributed by atoms with Gasteiger partial charge in [-0.1, -0.05) is 0 Å². The van der Waals surface area contributed by atoms with Crippen molar-refractivity contribution in [3.8, 4) is 0 Å². The van der Waals surface area contributed by atoms with Gasteiger partial charge in [0.25, 0.3) is 0 Å². The van der Waals surface area contributed by atoms with Crippen molar-refractivity contribution in [3.63, 3.8) is 0 Å². The lowest BCUT2D eigenvalue weighted by Crippen LogP contribution is -2.48. The summed E-state index contributed by atoms with van der Waals surface area (Å²) in [6.45, 7) is 0.0605. The molecule has 0 radical (unpaired) electrons.